The van der Waals surface area contributed by atoms with E-state index >= 15 is 0 Å². The smallest absolute Gasteiger partial charge is 0.278 e. The number of imidazole rings is 1. The van der Waals surface area contributed by atoms with Crippen LogP contribution in [-0.4, -0.2) is 67.1 Å². The van der Waals surface area contributed by atoms with Gasteiger partial charge in [-0.05, 0) is 0 Å². The zero-order chi connectivity index (χ0) is 14.6. The number of imide groups is 1. The Morgan fingerprint density at radius 1 is 1.42 bits per heavy atom. The van der Waals surface area contributed by atoms with Gasteiger partial charge >= 0.3 is 0 Å². The second-order valence-electron chi connectivity index (χ2n) is 3.67. The van der Waals surface area contributed by atoms with Crippen LogP contribution in [0.2, 0.25) is 0 Å². The number of H-pyrrole nitrogens is 1. The van der Waals surface area contributed by atoms with Crippen molar-refractivity contribution in [1.29, 1.82) is 0 Å². The second kappa shape index (κ2) is 6.24. The van der Waals surface area contributed by atoms with E-state index in [9.17, 15) is 19.8 Å². The number of aliphatic hydroxyl groups excluding tert-OH is 4. The minimum atomic E-state index is -2.09. The van der Waals surface area contributed by atoms with E-state index in [0.29, 0.717) is 0 Å². The van der Waals surface area contributed by atoms with Crippen molar-refractivity contribution in [1.82, 2.24) is 15.3 Å². The molecule has 0 aromatic carbocycles. The Labute approximate surface area is 106 Å². The predicted molar refractivity (Wildman–Crippen MR) is 60.6 cm³/mol. The summed E-state index contributed by atoms with van der Waals surface area (Å²) >= 11 is 0. The molecule has 8 N–H and O–H groups in total. The van der Waals surface area contributed by atoms with Gasteiger partial charge in [0, 0.05) is 0 Å². The SMILES string of the molecule is Nc1nc[nH]c1C(=O)NC(=O)[C@H](O)[C@H](O)[C@H](O)CO. The monoisotopic (exact) mass is 274 g/mol. The van der Waals surface area contributed by atoms with Gasteiger partial charge < -0.3 is 31.1 Å². The number of aromatic amines is 1. The quantitative estimate of drug-likeness (QED) is 0.286. The first kappa shape index (κ1) is 15.0. The molecule has 0 unspecified atom stereocenters. The van der Waals surface area contributed by atoms with Gasteiger partial charge in [0.25, 0.3) is 11.8 Å². The Hall–Kier alpha value is -2.01. The fourth-order valence-corrected chi connectivity index (χ4v) is 1.21. The minimum Gasteiger partial charge on any atom is -0.394 e. The molecule has 0 aliphatic rings. The molecule has 0 fully saturated rings. The highest BCUT2D eigenvalue weighted by Crippen LogP contribution is 2.05. The molecular formula is C9H14N4O6. The molecule has 0 saturated carbocycles. The third kappa shape index (κ3) is 3.48. The molecule has 1 aromatic rings. The third-order valence-electron chi connectivity index (χ3n) is 2.31. The van der Waals surface area contributed by atoms with Crippen molar-refractivity contribution in [2.24, 2.45) is 0 Å². The van der Waals surface area contributed by atoms with Gasteiger partial charge in [0.15, 0.2) is 11.9 Å². The van der Waals surface area contributed by atoms with Crippen LogP contribution in [0.4, 0.5) is 5.82 Å². The van der Waals surface area contributed by atoms with Gasteiger partial charge in [0.05, 0.1) is 12.9 Å². The van der Waals surface area contributed by atoms with Crippen molar-refractivity contribution in [3.8, 4) is 0 Å². The van der Waals surface area contributed by atoms with Crippen LogP contribution in [0.25, 0.3) is 0 Å². The zero-order valence-electron chi connectivity index (χ0n) is 9.65. The summed E-state index contributed by atoms with van der Waals surface area (Å²) in [7, 11) is 0. The van der Waals surface area contributed by atoms with Crippen LogP contribution < -0.4 is 11.1 Å². The molecular weight excluding hydrogens is 260 g/mol. The van der Waals surface area contributed by atoms with Gasteiger partial charge in [-0.2, -0.15) is 0 Å². The normalized spacial score (nSPS) is 15.6. The maximum atomic E-state index is 11.5. The van der Waals surface area contributed by atoms with E-state index in [1.807, 2.05) is 0 Å². The van der Waals surface area contributed by atoms with Gasteiger partial charge in [0.2, 0.25) is 0 Å². The highest BCUT2D eigenvalue weighted by molar-refractivity contribution is 6.07. The molecule has 0 aliphatic carbocycles. The molecule has 0 bridgehead atoms. The standard InChI is InChI=1S/C9H14N4O6/c10-7-4(11-2-12-7)8(18)13-9(19)6(17)5(16)3(15)1-14/h2-3,5-6,14-17H,1,10H2,(H,11,12)(H,13,18,19)/t3-,5-,6-/m1/s1. The number of nitrogens with one attached hydrogen (secondary N) is 2. The predicted octanol–water partition coefficient (Wildman–Crippen LogP) is -3.68. The molecule has 0 radical (unpaired) electrons. The number of anilines is 1. The van der Waals surface area contributed by atoms with Crippen LogP contribution in [-0.2, 0) is 4.79 Å². The molecule has 2 amide bonds. The molecule has 1 rings (SSSR count). The number of rotatable bonds is 5. The summed E-state index contributed by atoms with van der Waals surface area (Å²) < 4.78 is 0. The zero-order valence-corrected chi connectivity index (χ0v) is 9.65. The van der Waals surface area contributed by atoms with Crippen LogP contribution in [0.3, 0.4) is 0 Å². The topological polar surface area (TPSA) is 182 Å². The van der Waals surface area contributed by atoms with Crippen molar-refractivity contribution < 1.29 is 30.0 Å². The fraction of sp³-hybridized carbons (Fsp3) is 0.444. The van der Waals surface area contributed by atoms with E-state index in [4.69, 9.17) is 15.9 Å². The first-order valence-corrected chi connectivity index (χ1v) is 5.17. The van der Waals surface area contributed by atoms with E-state index in [1.54, 1.807) is 5.32 Å². The van der Waals surface area contributed by atoms with Gasteiger partial charge in [-0.25, -0.2) is 4.98 Å². The Morgan fingerprint density at radius 2 is 2.05 bits per heavy atom. The molecule has 0 spiro atoms. The Kier molecular flexibility index (Phi) is 4.94. The number of carbonyl (C=O) groups is 2. The van der Waals surface area contributed by atoms with Crippen molar-refractivity contribution in [3.05, 3.63) is 12.0 Å². The van der Waals surface area contributed by atoms with Crippen LogP contribution in [0.15, 0.2) is 6.33 Å². The largest absolute Gasteiger partial charge is 0.394 e. The number of carbonyl (C=O) groups excluding carboxylic acids is 2. The van der Waals surface area contributed by atoms with Gasteiger partial charge in [-0.15, -0.1) is 0 Å². The maximum absolute atomic E-state index is 11.5. The van der Waals surface area contributed by atoms with Gasteiger partial charge in [0.1, 0.15) is 17.9 Å². The molecule has 10 heteroatoms. The summed E-state index contributed by atoms with van der Waals surface area (Å²) in [6.45, 7) is -0.854. The molecule has 1 heterocycles. The number of hydrogen-bond acceptors (Lipinski definition) is 8. The number of nitrogens with zero attached hydrogens (tertiary/aromatic N) is 1. The number of amides is 2. The summed E-state index contributed by atoms with van der Waals surface area (Å²) in [5.41, 5.74) is 5.14. The van der Waals surface area contributed by atoms with Crippen LogP contribution in [0.5, 0.6) is 0 Å². The average Bonchev–Trinajstić information content (AvgIpc) is 2.82. The lowest BCUT2D eigenvalue weighted by molar-refractivity contribution is -0.141. The van der Waals surface area contributed by atoms with Crippen molar-refractivity contribution in [2.45, 2.75) is 18.3 Å². The summed E-state index contributed by atoms with van der Waals surface area (Å²) in [5, 5.41) is 38.0. The Balaban J connectivity index is 2.65. The molecule has 0 saturated heterocycles. The first-order valence-electron chi connectivity index (χ1n) is 5.17. The number of aromatic nitrogens is 2. The lowest BCUT2D eigenvalue weighted by Gasteiger charge is -2.20. The summed E-state index contributed by atoms with van der Waals surface area (Å²) in [6, 6.07) is 0. The lowest BCUT2D eigenvalue weighted by atomic mass is 10.1. The van der Waals surface area contributed by atoms with Crippen molar-refractivity contribution in [2.75, 3.05) is 12.3 Å². The van der Waals surface area contributed by atoms with E-state index < -0.39 is 36.7 Å². The van der Waals surface area contributed by atoms with E-state index in [2.05, 4.69) is 9.97 Å². The third-order valence-corrected chi connectivity index (χ3v) is 2.31. The highest BCUT2D eigenvalue weighted by atomic mass is 16.4. The number of nitrogen functional groups attached to an aromatic ring is 1. The minimum absolute atomic E-state index is 0.143. The lowest BCUT2D eigenvalue weighted by Crippen LogP contribution is -2.49. The number of hydrogen-bond donors (Lipinski definition) is 7. The van der Waals surface area contributed by atoms with E-state index in [-0.39, 0.29) is 11.5 Å². The summed E-state index contributed by atoms with van der Waals surface area (Å²) in [4.78, 5) is 28.8. The summed E-state index contributed by atoms with van der Waals surface area (Å²) in [5.74, 6) is -2.35. The Bertz CT molecular complexity index is 461. The highest BCUT2D eigenvalue weighted by Gasteiger charge is 2.31. The first-order chi connectivity index (χ1) is 8.88. The van der Waals surface area contributed by atoms with Crippen molar-refractivity contribution in [3.63, 3.8) is 0 Å². The molecule has 106 valence electrons. The molecule has 0 aliphatic heterocycles. The van der Waals surface area contributed by atoms with Crippen LogP contribution >= 0.6 is 0 Å². The van der Waals surface area contributed by atoms with Crippen molar-refractivity contribution >= 4 is 17.6 Å². The second-order valence-corrected chi connectivity index (χ2v) is 3.67. The summed E-state index contributed by atoms with van der Waals surface area (Å²) in [6.07, 6.45) is -4.60. The van der Waals surface area contributed by atoms with Crippen LogP contribution in [0.1, 0.15) is 10.5 Å². The molecule has 19 heavy (non-hydrogen) atoms. The maximum Gasteiger partial charge on any atom is 0.278 e. The van der Waals surface area contributed by atoms with Crippen LogP contribution in [0, 0.1) is 0 Å². The van der Waals surface area contributed by atoms with E-state index in [1.165, 1.54) is 0 Å². The van der Waals surface area contributed by atoms with Gasteiger partial charge in [-0.1, -0.05) is 0 Å². The fourth-order valence-electron chi connectivity index (χ4n) is 1.21. The number of nitrogens with two attached hydrogens (primary N) is 1. The van der Waals surface area contributed by atoms with E-state index in [0.717, 1.165) is 6.33 Å². The molecule has 10 nitrogen and oxygen atoms in total. The molecule has 3 atom stereocenters. The number of aliphatic hydroxyl groups is 4. The van der Waals surface area contributed by atoms with Gasteiger partial charge in [-0.3, -0.25) is 14.9 Å². The molecule has 1 aromatic heterocycles. The average molecular weight is 274 g/mol. The Morgan fingerprint density at radius 3 is 2.53 bits per heavy atom.